The van der Waals surface area contributed by atoms with Gasteiger partial charge in [0.15, 0.2) is 0 Å². The van der Waals surface area contributed by atoms with Crippen LogP contribution >= 0.6 is 0 Å². The van der Waals surface area contributed by atoms with E-state index in [1.54, 1.807) is 42.9 Å². The van der Waals surface area contributed by atoms with Gasteiger partial charge in [0.05, 0.1) is 12.0 Å². The van der Waals surface area contributed by atoms with E-state index in [0.717, 1.165) is 12.2 Å². The lowest BCUT2D eigenvalue weighted by Gasteiger charge is -2.32. The molecule has 0 atom stereocenters. The zero-order chi connectivity index (χ0) is 17.4. The molecule has 0 N–H and O–H groups in total. The van der Waals surface area contributed by atoms with Gasteiger partial charge in [0.2, 0.25) is 0 Å². The van der Waals surface area contributed by atoms with Crippen LogP contribution in [0.4, 0.5) is 0 Å². The maximum Gasteiger partial charge on any atom is 0.333 e. The third kappa shape index (κ3) is 4.13. The molecule has 2 aromatic heterocycles. The normalized spacial score (nSPS) is 10.5. The smallest absolute Gasteiger partial charge is 0.333 e. The molecule has 0 aliphatic carbocycles. The quantitative estimate of drug-likeness (QED) is 0.442. The van der Waals surface area contributed by atoms with Gasteiger partial charge >= 0.3 is 11.9 Å². The van der Waals surface area contributed by atoms with Gasteiger partial charge < -0.3 is 9.47 Å². The van der Waals surface area contributed by atoms with Crippen LogP contribution in [0.2, 0.25) is 0 Å². The van der Waals surface area contributed by atoms with Gasteiger partial charge in [0.1, 0.15) is 0 Å². The molecule has 0 bridgehead atoms. The summed E-state index contributed by atoms with van der Waals surface area (Å²) in [6, 6.07) is 6.81. The first-order valence-corrected chi connectivity index (χ1v) is 7.10. The molecule has 122 valence electrons. The van der Waals surface area contributed by atoms with Crippen molar-refractivity contribution in [3.8, 4) is 0 Å². The van der Waals surface area contributed by atoms with Crippen molar-refractivity contribution in [3.05, 3.63) is 85.5 Å². The zero-order valence-corrected chi connectivity index (χ0v) is 12.9. The predicted molar refractivity (Wildman–Crippen MR) is 86.4 cm³/mol. The van der Waals surface area contributed by atoms with Crippen LogP contribution in [0.3, 0.4) is 0 Å². The van der Waals surface area contributed by atoms with Crippen molar-refractivity contribution in [2.24, 2.45) is 0 Å². The van der Waals surface area contributed by atoms with Gasteiger partial charge in [-0.1, -0.05) is 19.2 Å². The molecule has 0 aromatic carbocycles. The molecule has 6 nitrogen and oxygen atoms in total. The molecular weight excluding hydrogens is 308 g/mol. The van der Waals surface area contributed by atoms with Crippen molar-refractivity contribution in [1.82, 2.24) is 9.97 Å². The first-order chi connectivity index (χ1) is 11.6. The number of esters is 2. The molecule has 0 spiro atoms. The lowest BCUT2D eigenvalue weighted by atomic mass is 9.99. The second kappa shape index (κ2) is 7.82. The average molecular weight is 324 g/mol. The topological polar surface area (TPSA) is 78.4 Å². The highest BCUT2D eigenvalue weighted by Gasteiger charge is 2.40. The largest absolute Gasteiger partial charge is 0.414 e. The highest BCUT2D eigenvalue weighted by atomic mass is 16.7. The molecular formula is C18H16N2O4. The van der Waals surface area contributed by atoms with Gasteiger partial charge in [-0.05, 0) is 23.8 Å². The number of rotatable bonds is 7. The third-order valence-corrected chi connectivity index (χ3v) is 3.13. The van der Waals surface area contributed by atoms with E-state index in [-0.39, 0.29) is 6.42 Å². The number of nitrogens with zero attached hydrogens (tertiary/aromatic N) is 2. The Morgan fingerprint density at radius 3 is 2.04 bits per heavy atom. The summed E-state index contributed by atoms with van der Waals surface area (Å²) < 4.78 is 10.9. The minimum Gasteiger partial charge on any atom is -0.414 e. The van der Waals surface area contributed by atoms with E-state index in [2.05, 4.69) is 23.1 Å². The van der Waals surface area contributed by atoms with E-state index in [0.29, 0.717) is 11.1 Å². The van der Waals surface area contributed by atoms with Gasteiger partial charge in [0, 0.05) is 36.9 Å². The molecule has 0 amide bonds. The standard InChI is InChI=1S/C18H16N2O4/c1-3-16(21)23-18(24-17(22)4-2,15-8-6-10-20-13-15)11-14-7-5-9-19-12-14/h3-10,12-13H,1-2,11H2. The van der Waals surface area contributed by atoms with E-state index >= 15 is 0 Å². The van der Waals surface area contributed by atoms with Crippen molar-refractivity contribution in [2.75, 3.05) is 0 Å². The monoisotopic (exact) mass is 324 g/mol. The number of aromatic nitrogens is 2. The summed E-state index contributed by atoms with van der Waals surface area (Å²) in [6.07, 6.45) is 8.28. The number of carbonyl (C=O) groups excluding carboxylic acids is 2. The van der Waals surface area contributed by atoms with E-state index in [9.17, 15) is 9.59 Å². The molecule has 0 aliphatic heterocycles. The van der Waals surface area contributed by atoms with Crippen LogP contribution in [0, 0.1) is 0 Å². The average Bonchev–Trinajstić information content (AvgIpc) is 2.63. The van der Waals surface area contributed by atoms with Gasteiger partial charge in [-0.2, -0.15) is 0 Å². The van der Waals surface area contributed by atoms with Crippen molar-refractivity contribution in [3.63, 3.8) is 0 Å². The van der Waals surface area contributed by atoms with Crippen LogP contribution in [-0.2, 0) is 31.3 Å². The molecule has 0 radical (unpaired) electrons. The summed E-state index contributed by atoms with van der Waals surface area (Å²) in [7, 11) is 0. The summed E-state index contributed by atoms with van der Waals surface area (Å²) in [6.45, 7) is 6.76. The van der Waals surface area contributed by atoms with Crippen LogP contribution in [0.15, 0.2) is 74.4 Å². The van der Waals surface area contributed by atoms with Crippen molar-refractivity contribution in [2.45, 2.75) is 12.2 Å². The molecule has 6 heteroatoms. The first kappa shape index (κ1) is 17.1. The predicted octanol–water partition coefficient (Wildman–Crippen LogP) is 2.33. The molecule has 0 saturated carbocycles. The minimum atomic E-state index is -1.70. The molecule has 0 saturated heterocycles. The Labute approximate surface area is 139 Å². The van der Waals surface area contributed by atoms with Crippen LogP contribution in [0.1, 0.15) is 11.1 Å². The van der Waals surface area contributed by atoms with Gasteiger partial charge in [-0.15, -0.1) is 0 Å². The fourth-order valence-corrected chi connectivity index (χ4v) is 2.08. The van der Waals surface area contributed by atoms with E-state index < -0.39 is 17.7 Å². The lowest BCUT2D eigenvalue weighted by Crippen LogP contribution is -2.39. The fourth-order valence-electron chi connectivity index (χ4n) is 2.08. The molecule has 2 heterocycles. The highest BCUT2D eigenvalue weighted by Crippen LogP contribution is 2.32. The Bertz CT molecular complexity index is 707. The maximum absolute atomic E-state index is 11.9. The van der Waals surface area contributed by atoms with Crippen LogP contribution < -0.4 is 0 Å². The Morgan fingerprint density at radius 2 is 1.58 bits per heavy atom. The third-order valence-electron chi connectivity index (χ3n) is 3.13. The lowest BCUT2D eigenvalue weighted by molar-refractivity contribution is -0.228. The molecule has 2 aromatic rings. The summed E-state index contributed by atoms with van der Waals surface area (Å²) in [5.41, 5.74) is 1.11. The van der Waals surface area contributed by atoms with Crippen LogP contribution in [0.25, 0.3) is 0 Å². The Kier molecular flexibility index (Phi) is 5.57. The van der Waals surface area contributed by atoms with Gasteiger partial charge in [-0.3, -0.25) is 9.97 Å². The summed E-state index contributed by atoms with van der Waals surface area (Å²) >= 11 is 0. The maximum atomic E-state index is 11.9. The first-order valence-electron chi connectivity index (χ1n) is 7.10. The summed E-state index contributed by atoms with van der Waals surface area (Å²) in [4.78, 5) is 31.8. The molecule has 0 fully saturated rings. The number of carbonyl (C=O) groups is 2. The van der Waals surface area contributed by atoms with E-state index in [1.807, 2.05) is 0 Å². The number of hydrogen-bond acceptors (Lipinski definition) is 6. The summed E-state index contributed by atoms with van der Waals surface area (Å²) in [5, 5.41) is 0. The summed E-state index contributed by atoms with van der Waals surface area (Å²) in [5.74, 6) is -3.17. The Morgan fingerprint density at radius 1 is 1.00 bits per heavy atom. The van der Waals surface area contributed by atoms with Crippen molar-refractivity contribution in [1.29, 1.82) is 0 Å². The van der Waals surface area contributed by atoms with E-state index in [4.69, 9.17) is 9.47 Å². The number of pyridine rings is 2. The van der Waals surface area contributed by atoms with Crippen LogP contribution in [0.5, 0.6) is 0 Å². The SMILES string of the molecule is C=CC(=O)OC(Cc1cccnc1)(OC(=O)C=C)c1cccnc1. The zero-order valence-electron chi connectivity index (χ0n) is 12.9. The fraction of sp³-hybridized carbons (Fsp3) is 0.111. The highest BCUT2D eigenvalue weighted by molar-refractivity contribution is 5.83. The molecule has 2 rings (SSSR count). The second-order valence-corrected chi connectivity index (χ2v) is 4.78. The second-order valence-electron chi connectivity index (χ2n) is 4.78. The number of hydrogen-bond donors (Lipinski definition) is 0. The molecule has 0 unspecified atom stereocenters. The minimum absolute atomic E-state index is 0.0612. The van der Waals surface area contributed by atoms with Crippen LogP contribution in [-0.4, -0.2) is 21.9 Å². The van der Waals surface area contributed by atoms with Crippen molar-refractivity contribution < 1.29 is 19.1 Å². The Balaban J connectivity index is 2.53. The van der Waals surface area contributed by atoms with E-state index in [1.165, 1.54) is 6.20 Å². The Hall–Kier alpha value is -3.28. The van der Waals surface area contributed by atoms with Gasteiger partial charge in [0.25, 0.3) is 5.79 Å². The number of ether oxygens (including phenoxy) is 2. The van der Waals surface area contributed by atoms with Gasteiger partial charge in [-0.25, -0.2) is 9.59 Å². The molecule has 0 aliphatic rings. The van der Waals surface area contributed by atoms with Crippen molar-refractivity contribution >= 4 is 11.9 Å². The molecule has 24 heavy (non-hydrogen) atoms.